The minimum absolute atomic E-state index is 0.0665. The number of hydrogen-bond acceptors (Lipinski definition) is 8. The highest BCUT2D eigenvalue weighted by Crippen LogP contribution is 2.27. The number of halogens is 2. The highest BCUT2D eigenvalue weighted by molar-refractivity contribution is 7.91. The molecule has 2 aliphatic heterocycles. The molecule has 10 nitrogen and oxygen atoms in total. The normalized spacial score (nSPS) is 22.0. The number of para-hydroxylation sites is 2. The van der Waals surface area contributed by atoms with Gasteiger partial charge >= 0.3 is 0 Å². The van der Waals surface area contributed by atoms with E-state index in [9.17, 15) is 26.4 Å². The summed E-state index contributed by atoms with van der Waals surface area (Å²) >= 11 is 12.4. The number of anilines is 2. The number of carbonyl (C=O) groups is 2. The van der Waals surface area contributed by atoms with Crippen molar-refractivity contribution in [3.63, 3.8) is 0 Å². The van der Waals surface area contributed by atoms with Gasteiger partial charge < -0.3 is 10.6 Å². The van der Waals surface area contributed by atoms with Gasteiger partial charge in [-0.3, -0.25) is 9.59 Å². The lowest BCUT2D eigenvalue weighted by molar-refractivity contribution is -0.137. The van der Waals surface area contributed by atoms with Crippen LogP contribution < -0.4 is 10.6 Å². The first-order valence-electron chi connectivity index (χ1n) is 12.0. The van der Waals surface area contributed by atoms with Crippen LogP contribution in [0.2, 0.25) is 10.0 Å². The van der Waals surface area contributed by atoms with Crippen molar-refractivity contribution < 1.29 is 26.4 Å². The standard InChI is InChI=1S/C24H28Cl2N4O6S2/c25-19-5-1-3-7-21(19)27-23(31)13-29(17-9-11-37(33,34)15-17)30(18-10-12-38(35,36)16-18)14-24(32)28-22-8-4-2-6-20(22)26/h1-8,17-18H,9-16H2,(H,27,31)(H,28,32). The first-order chi connectivity index (χ1) is 17.9. The number of carbonyl (C=O) groups excluding carboxylic acids is 2. The van der Waals surface area contributed by atoms with Crippen LogP contribution in [0.3, 0.4) is 0 Å². The Kier molecular flexibility index (Phi) is 9.00. The summed E-state index contributed by atoms with van der Waals surface area (Å²) in [7, 11) is -6.72. The monoisotopic (exact) mass is 602 g/mol. The molecule has 0 spiro atoms. The van der Waals surface area contributed by atoms with E-state index in [4.69, 9.17) is 23.2 Å². The number of sulfone groups is 2. The number of nitrogens with zero attached hydrogens (tertiary/aromatic N) is 2. The smallest absolute Gasteiger partial charge is 0.240 e. The van der Waals surface area contributed by atoms with Crippen LogP contribution in [0.1, 0.15) is 12.8 Å². The highest BCUT2D eigenvalue weighted by atomic mass is 35.5. The SMILES string of the molecule is O=C(CN(C1CCS(=O)(=O)C1)N(CC(=O)Nc1ccccc1Cl)C1CCS(=O)(=O)C1)Nc1ccccc1Cl. The van der Waals surface area contributed by atoms with E-state index in [0.717, 1.165) is 0 Å². The Bertz CT molecular complexity index is 1310. The first kappa shape index (κ1) is 28.8. The van der Waals surface area contributed by atoms with Gasteiger partial charge in [-0.15, -0.1) is 0 Å². The Morgan fingerprint density at radius 3 is 1.39 bits per heavy atom. The van der Waals surface area contributed by atoms with Crippen molar-refractivity contribution in [2.45, 2.75) is 24.9 Å². The molecular formula is C24H28Cl2N4O6S2. The molecule has 2 fully saturated rings. The van der Waals surface area contributed by atoms with Gasteiger partial charge in [-0.05, 0) is 37.1 Å². The molecule has 0 bridgehead atoms. The summed E-state index contributed by atoms with van der Waals surface area (Å²) in [5.74, 6) is -1.53. The number of rotatable bonds is 9. The fourth-order valence-electron chi connectivity index (χ4n) is 4.68. The molecule has 14 heteroatoms. The van der Waals surface area contributed by atoms with E-state index in [2.05, 4.69) is 10.6 Å². The average molecular weight is 604 g/mol. The summed E-state index contributed by atoms with van der Waals surface area (Å²) in [6.07, 6.45) is 0.480. The van der Waals surface area contributed by atoms with Gasteiger partial charge in [-0.1, -0.05) is 47.5 Å². The van der Waals surface area contributed by atoms with Gasteiger partial charge in [0.25, 0.3) is 0 Å². The molecule has 2 N–H and O–H groups in total. The molecule has 2 unspecified atom stereocenters. The summed E-state index contributed by atoms with van der Waals surface area (Å²) in [4.78, 5) is 26.3. The third-order valence-electron chi connectivity index (χ3n) is 6.50. The Morgan fingerprint density at radius 2 is 1.08 bits per heavy atom. The molecule has 2 amide bonds. The van der Waals surface area contributed by atoms with Crippen molar-refractivity contribution in [3.8, 4) is 0 Å². The van der Waals surface area contributed by atoms with E-state index >= 15 is 0 Å². The van der Waals surface area contributed by atoms with E-state index < -0.39 is 43.6 Å². The fraction of sp³-hybridized carbons (Fsp3) is 0.417. The molecule has 0 radical (unpaired) electrons. The molecule has 2 saturated heterocycles. The van der Waals surface area contributed by atoms with E-state index in [-0.39, 0.29) is 48.9 Å². The lowest BCUT2D eigenvalue weighted by atomic mass is 10.2. The van der Waals surface area contributed by atoms with Crippen molar-refractivity contribution in [2.24, 2.45) is 0 Å². The maximum absolute atomic E-state index is 13.1. The molecule has 2 atom stereocenters. The van der Waals surface area contributed by atoms with Gasteiger partial charge in [-0.25, -0.2) is 26.9 Å². The molecule has 0 aromatic heterocycles. The second-order valence-electron chi connectivity index (χ2n) is 9.36. The van der Waals surface area contributed by atoms with Crippen LogP contribution in [0, 0.1) is 0 Å². The van der Waals surface area contributed by atoms with Crippen molar-refractivity contribution in [2.75, 3.05) is 46.7 Å². The second-order valence-corrected chi connectivity index (χ2v) is 14.6. The van der Waals surface area contributed by atoms with Crippen LogP contribution in [-0.2, 0) is 29.3 Å². The second kappa shape index (κ2) is 11.9. The Balaban J connectivity index is 1.62. The predicted molar refractivity (Wildman–Crippen MR) is 148 cm³/mol. The minimum Gasteiger partial charge on any atom is -0.324 e. The molecule has 2 heterocycles. The lowest BCUT2D eigenvalue weighted by Crippen LogP contribution is -2.58. The van der Waals surface area contributed by atoms with Crippen LogP contribution in [0.25, 0.3) is 0 Å². The van der Waals surface area contributed by atoms with Crippen LogP contribution in [0.5, 0.6) is 0 Å². The molecule has 2 aromatic carbocycles. The summed E-state index contributed by atoms with van der Waals surface area (Å²) < 4.78 is 49.4. The number of benzene rings is 2. The van der Waals surface area contributed by atoms with Crippen LogP contribution in [0.15, 0.2) is 48.5 Å². The molecule has 0 saturated carbocycles. The summed E-state index contributed by atoms with van der Waals surface area (Å²) in [6, 6.07) is 12.1. The molecular weight excluding hydrogens is 575 g/mol. The van der Waals surface area contributed by atoms with E-state index in [1.807, 2.05) is 0 Å². The van der Waals surface area contributed by atoms with Crippen molar-refractivity contribution in [1.82, 2.24) is 10.0 Å². The van der Waals surface area contributed by atoms with Gasteiger partial charge in [0.05, 0.1) is 57.5 Å². The topological polar surface area (TPSA) is 133 Å². The molecule has 4 rings (SSSR count). The molecule has 38 heavy (non-hydrogen) atoms. The van der Waals surface area contributed by atoms with Crippen LogP contribution >= 0.6 is 23.2 Å². The molecule has 206 valence electrons. The zero-order chi connectivity index (χ0) is 27.5. The maximum atomic E-state index is 13.1. The quantitative estimate of drug-likeness (QED) is 0.418. The molecule has 2 aromatic rings. The fourth-order valence-corrected chi connectivity index (χ4v) is 8.49. The molecule has 2 aliphatic rings. The highest BCUT2D eigenvalue weighted by Gasteiger charge is 2.42. The Hall–Kier alpha value is -2.22. The van der Waals surface area contributed by atoms with Gasteiger partial charge in [0.1, 0.15) is 0 Å². The van der Waals surface area contributed by atoms with Crippen molar-refractivity contribution in [3.05, 3.63) is 58.6 Å². The molecule has 0 aliphatic carbocycles. The average Bonchev–Trinajstić information content (AvgIpc) is 3.39. The zero-order valence-electron chi connectivity index (χ0n) is 20.3. The van der Waals surface area contributed by atoms with Crippen molar-refractivity contribution >= 4 is 66.1 Å². The summed E-state index contributed by atoms with van der Waals surface area (Å²) in [6.45, 7) is -0.608. The summed E-state index contributed by atoms with van der Waals surface area (Å²) in [5, 5.41) is 9.17. The number of hydrogen-bond donors (Lipinski definition) is 2. The Morgan fingerprint density at radius 1 is 0.711 bits per heavy atom. The van der Waals surface area contributed by atoms with Gasteiger partial charge in [-0.2, -0.15) is 0 Å². The Labute approximate surface area is 232 Å². The number of amides is 2. The van der Waals surface area contributed by atoms with E-state index in [0.29, 0.717) is 21.4 Å². The third kappa shape index (κ3) is 7.45. The lowest BCUT2D eigenvalue weighted by Gasteiger charge is -2.41. The maximum Gasteiger partial charge on any atom is 0.240 e. The van der Waals surface area contributed by atoms with Gasteiger partial charge in [0.2, 0.25) is 11.8 Å². The third-order valence-corrected chi connectivity index (χ3v) is 10.7. The number of hydrazine groups is 1. The first-order valence-corrected chi connectivity index (χ1v) is 16.3. The number of nitrogens with one attached hydrogen (secondary N) is 2. The van der Waals surface area contributed by atoms with Crippen molar-refractivity contribution in [1.29, 1.82) is 0 Å². The van der Waals surface area contributed by atoms with Crippen LogP contribution in [0.4, 0.5) is 11.4 Å². The largest absolute Gasteiger partial charge is 0.324 e. The minimum atomic E-state index is -3.36. The summed E-state index contributed by atoms with van der Waals surface area (Å²) in [5.41, 5.74) is 0.759. The zero-order valence-corrected chi connectivity index (χ0v) is 23.5. The van der Waals surface area contributed by atoms with E-state index in [1.54, 1.807) is 48.5 Å². The predicted octanol–water partition coefficient (Wildman–Crippen LogP) is 2.46. The van der Waals surface area contributed by atoms with Crippen LogP contribution in [-0.4, -0.2) is 86.9 Å². The van der Waals surface area contributed by atoms with Gasteiger partial charge in [0, 0.05) is 12.1 Å². The van der Waals surface area contributed by atoms with Gasteiger partial charge in [0.15, 0.2) is 19.7 Å². The van der Waals surface area contributed by atoms with E-state index in [1.165, 1.54) is 10.0 Å².